The van der Waals surface area contributed by atoms with Gasteiger partial charge in [0.2, 0.25) is 0 Å². The van der Waals surface area contributed by atoms with Gasteiger partial charge in [-0.15, -0.1) is 22.7 Å². The van der Waals surface area contributed by atoms with Gasteiger partial charge >= 0.3 is 0 Å². The fourth-order valence-corrected chi connectivity index (χ4v) is 5.91. The van der Waals surface area contributed by atoms with Crippen LogP contribution in [0.4, 0.5) is 0 Å². The second kappa shape index (κ2) is 9.02. The van der Waals surface area contributed by atoms with E-state index in [1.165, 1.54) is 21.0 Å². The lowest BCUT2D eigenvalue weighted by atomic mass is 10.1. The van der Waals surface area contributed by atoms with Crippen LogP contribution in [0.5, 0.6) is 5.75 Å². The lowest BCUT2D eigenvalue weighted by Gasteiger charge is -2.14. The van der Waals surface area contributed by atoms with Gasteiger partial charge in [-0.1, -0.05) is 36.4 Å². The topological polar surface area (TPSA) is 76.8 Å². The molecule has 0 amide bonds. The Labute approximate surface area is 204 Å². The summed E-state index contributed by atoms with van der Waals surface area (Å²) >= 11 is 3.34. The highest BCUT2D eigenvalue weighted by molar-refractivity contribution is 7.22. The fraction of sp³-hybridized carbons (Fsp3) is 0.111. The summed E-state index contributed by atoms with van der Waals surface area (Å²) in [6.07, 6.45) is 6.35. The van der Waals surface area contributed by atoms with Gasteiger partial charge in [0.25, 0.3) is 0 Å². The number of aromatic nitrogens is 3. The van der Waals surface area contributed by atoms with Gasteiger partial charge < -0.3 is 15.5 Å². The normalized spacial score (nSPS) is 12.4. The van der Waals surface area contributed by atoms with Crippen molar-refractivity contribution < 1.29 is 4.74 Å². The number of nitrogens with zero attached hydrogens (tertiary/aromatic N) is 2. The number of para-hydroxylation sites is 1. The van der Waals surface area contributed by atoms with E-state index < -0.39 is 0 Å². The maximum Gasteiger partial charge on any atom is 0.142 e. The molecule has 2 aromatic carbocycles. The number of thiazole rings is 1. The molecule has 0 saturated carbocycles. The summed E-state index contributed by atoms with van der Waals surface area (Å²) in [5.41, 5.74) is 10.7. The summed E-state index contributed by atoms with van der Waals surface area (Å²) in [4.78, 5) is 13.7. The summed E-state index contributed by atoms with van der Waals surface area (Å²) in [6, 6.07) is 20.8. The third kappa shape index (κ3) is 4.09. The van der Waals surface area contributed by atoms with Crippen molar-refractivity contribution in [3.63, 3.8) is 0 Å². The first-order chi connectivity index (χ1) is 16.7. The molecule has 0 radical (unpaired) electrons. The standard InChI is InChI=1S/C27H22N4OS2/c28-19(11-18-14-30-23-7-3-2-6-21(18)23)16-32-20-13-22(26(31-15-20)27-29-9-10-33-27)25-12-17-5-1-4-8-24(17)34-25/h1-10,12-15,19,30H,11,16,28H2/t19-/m0/s1. The van der Waals surface area contributed by atoms with Crippen molar-refractivity contribution >= 4 is 43.7 Å². The number of H-pyrrole nitrogens is 1. The van der Waals surface area contributed by atoms with Gasteiger partial charge in [-0.25, -0.2) is 9.97 Å². The van der Waals surface area contributed by atoms with E-state index in [2.05, 4.69) is 58.5 Å². The first-order valence-corrected chi connectivity index (χ1v) is 12.8. The minimum atomic E-state index is -0.134. The van der Waals surface area contributed by atoms with Crippen LogP contribution in [0, 0.1) is 0 Å². The largest absolute Gasteiger partial charge is 0.490 e. The Bertz CT molecular complexity index is 1540. The number of hydrogen-bond donors (Lipinski definition) is 2. The van der Waals surface area contributed by atoms with Gasteiger partial charge in [0.1, 0.15) is 23.1 Å². The summed E-state index contributed by atoms with van der Waals surface area (Å²) in [7, 11) is 0. The van der Waals surface area contributed by atoms with Crippen LogP contribution in [0.3, 0.4) is 0 Å². The van der Waals surface area contributed by atoms with Crippen LogP contribution in [0.25, 0.3) is 42.1 Å². The number of nitrogens with two attached hydrogens (primary N) is 1. The zero-order valence-corrected chi connectivity index (χ0v) is 19.9. The summed E-state index contributed by atoms with van der Waals surface area (Å²) in [6.45, 7) is 0.406. The molecule has 0 aliphatic rings. The van der Waals surface area contributed by atoms with E-state index in [4.69, 9.17) is 15.5 Å². The van der Waals surface area contributed by atoms with E-state index >= 15 is 0 Å². The molecular formula is C27H22N4OS2. The van der Waals surface area contributed by atoms with Gasteiger partial charge in [0, 0.05) is 49.9 Å². The average Bonchev–Trinajstić information content (AvgIpc) is 3.63. The van der Waals surface area contributed by atoms with Crippen molar-refractivity contribution in [1.29, 1.82) is 0 Å². The van der Waals surface area contributed by atoms with Gasteiger partial charge in [-0.3, -0.25) is 0 Å². The molecule has 0 aliphatic heterocycles. The Hall–Kier alpha value is -3.52. The van der Waals surface area contributed by atoms with E-state index in [0.717, 1.165) is 33.1 Å². The van der Waals surface area contributed by atoms with Crippen molar-refractivity contribution in [2.75, 3.05) is 6.61 Å². The zero-order valence-electron chi connectivity index (χ0n) is 18.3. The summed E-state index contributed by atoms with van der Waals surface area (Å²) in [5, 5.41) is 5.30. The maximum atomic E-state index is 6.45. The lowest BCUT2D eigenvalue weighted by Crippen LogP contribution is -2.30. The highest BCUT2D eigenvalue weighted by Crippen LogP contribution is 2.40. The predicted octanol–water partition coefficient (Wildman–Crippen LogP) is 6.52. The molecule has 0 unspecified atom stereocenters. The second-order valence-electron chi connectivity index (χ2n) is 8.19. The van der Waals surface area contributed by atoms with Crippen LogP contribution in [-0.2, 0) is 6.42 Å². The highest BCUT2D eigenvalue weighted by atomic mass is 32.1. The molecule has 4 aromatic heterocycles. The van der Waals surface area contributed by atoms with Gasteiger partial charge in [-0.2, -0.15) is 0 Å². The third-order valence-corrected chi connectivity index (χ3v) is 7.74. The summed E-state index contributed by atoms with van der Waals surface area (Å²) < 4.78 is 7.37. The van der Waals surface area contributed by atoms with Crippen molar-refractivity contribution in [1.82, 2.24) is 15.0 Å². The maximum absolute atomic E-state index is 6.45. The molecule has 4 heterocycles. The Morgan fingerprint density at radius 2 is 1.91 bits per heavy atom. The minimum Gasteiger partial charge on any atom is -0.490 e. The monoisotopic (exact) mass is 482 g/mol. The number of rotatable bonds is 7. The number of benzene rings is 2. The quantitative estimate of drug-likeness (QED) is 0.272. The molecular weight excluding hydrogens is 460 g/mol. The number of ether oxygens (including phenoxy) is 1. The number of pyridine rings is 1. The van der Waals surface area contributed by atoms with Gasteiger partial charge in [0.15, 0.2) is 0 Å². The fourth-order valence-electron chi connectivity index (χ4n) is 4.18. The summed E-state index contributed by atoms with van der Waals surface area (Å²) in [5.74, 6) is 0.710. The molecule has 0 bridgehead atoms. The molecule has 0 saturated heterocycles. The van der Waals surface area contributed by atoms with Gasteiger partial charge in [0.05, 0.1) is 6.20 Å². The molecule has 3 N–H and O–H groups in total. The van der Waals surface area contributed by atoms with E-state index in [-0.39, 0.29) is 6.04 Å². The molecule has 7 heteroatoms. The lowest BCUT2D eigenvalue weighted by molar-refractivity contribution is 0.287. The second-order valence-corrected chi connectivity index (χ2v) is 10.2. The molecule has 1 atom stereocenters. The van der Waals surface area contributed by atoms with E-state index in [9.17, 15) is 0 Å². The van der Waals surface area contributed by atoms with Crippen molar-refractivity contribution in [2.45, 2.75) is 12.5 Å². The average molecular weight is 483 g/mol. The minimum absolute atomic E-state index is 0.134. The van der Waals surface area contributed by atoms with Crippen molar-refractivity contribution in [3.05, 3.63) is 90.2 Å². The number of nitrogens with one attached hydrogen (secondary N) is 1. The third-order valence-electron chi connectivity index (χ3n) is 5.81. The SMILES string of the molecule is N[C@H](COc1cnc(-c2nccs2)c(-c2cc3ccccc3s2)c1)Cc1c[nH]c2ccccc12. The number of aromatic amines is 1. The molecule has 0 aliphatic carbocycles. The zero-order chi connectivity index (χ0) is 22.9. The van der Waals surface area contributed by atoms with Crippen LogP contribution in [0.1, 0.15) is 5.56 Å². The first kappa shape index (κ1) is 21.0. The van der Waals surface area contributed by atoms with Gasteiger partial charge in [-0.05, 0) is 41.6 Å². The number of fused-ring (bicyclic) bond motifs is 2. The Morgan fingerprint density at radius 3 is 2.79 bits per heavy atom. The van der Waals surface area contributed by atoms with Crippen molar-refractivity contribution in [3.8, 4) is 26.9 Å². The van der Waals surface area contributed by atoms with E-state index in [1.807, 2.05) is 29.9 Å². The van der Waals surface area contributed by atoms with Crippen LogP contribution in [0.15, 0.2) is 84.6 Å². The van der Waals surface area contributed by atoms with E-state index in [1.54, 1.807) is 28.9 Å². The Morgan fingerprint density at radius 1 is 1.03 bits per heavy atom. The smallest absolute Gasteiger partial charge is 0.142 e. The van der Waals surface area contributed by atoms with E-state index in [0.29, 0.717) is 12.4 Å². The van der Waals surface area contributed by atoms with Crippen molar-refractivity contribution in [2.24, 2.45) is 5.73 Å². The predicted molar refractivity (Wildman–Crippen MR) is 142 cm³/mol. The van der Waals surface area contributed by atoms with Crippen LogP contribution in [0.2, 0.25) is 0 Å². The number of hydrogen-bond acceptors (Lipinski definition) is 6. The van der Waals surface area contributed by atoms with Crippen LogP contribution in [-0.4, -0.2) is 27.6 Å². The first-order valence-electron chi connectivity index (χ1n) is 11.1. The molecule has 0 spiro atoms. The van der Waals surface area contributed by atoms with Crippen LogP contribution < -0.4 is 10.5 Å². The molecule has 34 heavy (non-hydrogen) atoms. The molecule has 6 rings (SSSR count). The molecule has 6 aromatic rings. The molecule has 0 fully saturated rings. The Balaban J connectivity index is 1.26. The number of thiophene rings is 1. The highest BCUT2D eigenvalue weighted by Gasteiger charge is 2.16. The Kier molecular flexibility index (Phi) is 5.58. The molecule has 5 nitrogen and oxygen atoms in total. The molecule has 168 valence electrons. The van der Waals surface area contributed by atoms with Crippen LogP contribution >= 0.6 is 22.7 Å².